The van der Waals surface area contributed by atoms with Crippen LogP contribution in [0.5, 0.6) is 0 Å². The molecule has 0 bridgehead atoms. The van der Waals surface area contributed by atoms with Crippen molar-refractivity contribution >= 4 is 53.3 Å². The Morgan fingerprint density at radius 2 is 1.68 bits per heavy atom. The summed E-state index contributed by atoms with van der Waals surface area (Å²) >= 11 is 2.78. The van der Waals surface area contributed by atoms with Gasteiger partial charge in [-0.05, 0) is 48.3 Å². The SMILES string of the molecule is CCCCSCCNC(=O)C(N)CCC(=O)NSCCCO[C@]1(C(=O)[O-])C[C@H](O)[C@@H](NC(C)=O)[C@H]([C@H](O)[C@H](O)CNC(=O)c2ccc(-c3ccccc3)cc2)O1.[Na+]. The first kappa shape index (κ1) is 50.4. The number of carbonyl (C=O) groups is 5. The van der Waals surface area contributed by atoms with Gasteiger partial charge in [-0.1, -0.05) is 67.8 Å². The summed E-state index contributed by atoms with van der Waals surface area (Å²) in [6, 6.07) is 14.0. The molecule has 0 spiro atoms. The second-order valence-corrected chi connectivity index (χ2v) is 15.4. The quantitative estimate of drug-likeness (QED) is 0.0295. The minimum absolute atomic E-state index is 0. The predicted molar refractivity (Wildman–Crippen MR) is 211 cm³/mol. The normalized spacial score (nSPS) is 20.6. The molecule has 57 heavy (non-hydrogen) atoms. The van der Waals surface area contributed by atoms with Crippen LogP contribution in [0.25, 0.3) is 11.1 Å². The molecule has 0 radical (unpaired) electrons. The minimum atomic E-state index is -2.58. The van der Waals surface area contributed by atoms with Crippen molar-refractivity contribution in [3.05, 3.63) is 60.2 Å². The molecule has 7 atom stereocenters. The van der Waals surface area contributed by atoms with E-state index in [0.717, 1.165) is 54.3 Å². The summed E-state index contributed by atoms with van der Waals surface area (Å²) in [5.74, 6) is -4.23. The maximum absolute atomic E-state index is 12.8. The number of nitrogens with one attached hydrogen (secondary N) is 4. The topological polar surface area (TPSA) is 262 Å². The molecule has 1 saturated heterocycles. The number of aliphatic hydroxyl groups excluding tert-OH is 3. The van der Waals surface area contributed by atoms with E-state index >= 15 is 0 Å². The zero-order valence-electron chi connectivity index (χ0n) is 32.6. The van der Waals surface area contributed by atoms with Crippen LogP contribution in [-0.2, 0) is 28.7 Å². The average molecular weight is 844 g/mol. The number of benzene rings is 2. The zero-order valence-corrected chi connectivity index (χ0v) is 36.3. The van der Waals surface area contributed by atoms with E-state index in [4.69, 9.17) is 15.2 Å². The number of carboxylic acids is 1. The van der Waals surface area contributed by atoms with Crippen molar-refractivity contribution < 1.29 is 83.4 Å². The third-order valence-electron chi connectivity index (χ3n) is 8.83. The van der Waals surface area contributed by atoms with E-state index in [1.807, 2.05) is 30.3 Å². The third-order valence-corrected chi connectivity index (χ3v) is 10.8. The smallest absolute Gasteiger partial charge is 0.544 e. The van der Waals surface area contributed by atoms with E-state index in [9.17, 15) is 44.4 Å². The van der Waals surface area contributed by atoms with Crippen molar-refractivity contribution in [2.24, 2.45) is 5.73 Å². The molecule has 1 unspecified atom stereocenters. The van der Waals surface area contributed by atoms with E-state index < -0.39 is 73.0 Å². The van der Waals surface area contributed by atoms with Gasteiger partial charge in [-0.3, -0.25) is 19.2 Å². The summed E-state index contributed by atoms with van der Waals surface area (Å²) < 4.78 is 13.9. The van der Waals surface area contributed by atoms with Gasteiger partial charge in [0.1, 0.15) is 18.2 Å². The predicted octanol–water partition coefficient (Wildman–Crippen LogP) is -3.16. The Morgan fingerprint density at radius 3 is 2.33 bits per heavy atom. The van der Waals surface area contributed by atoms with Crippen LogP contribution >= 0.6 is 23.7 Å². The maximum atomic E-state index is 12.8. The first-order valence-corrected chi connectivity index (χ1v) is 20.7. The molecule has 2 aromatic carbocycles. The number of unbranched alkanes of at least 4 members (excludes halogenated alkanes) is 1. The molecule has 19 heteroatoms. The standard InChI is InChI=1S/C38H55N5O11S2.Na/c1-3-4-19-55-21-17-40-36(50)28(39)15-16-31(47)43-56-20-8-18-53-38(37(51)52)22-29(45)32(42-24(2)44)34(54-38)33(48)30(46)23-41-35(49)27-13-11-26(12-14-27)25-9-6-5-7-10-25;/h5-7,9-14,28-30,32-34,45-46,48H,3-4,8,15-23,39H2,1-2H3,(H,40,50)(H,41,49)(H,42,44)(H,43,47)(H,51,52);/q;+1/p-1/t28?,29-,30+,32+,33+,34+,38+;/m0./s1. The second-order valence-electron chi connectivity index (χ2n) is 13.3. The Labute approximate surface area is 364 Å². The summed E-state index contributed by atoms with van der Waals surface area (Å²) in [5, 5.41) is 53.1. The number of rotatable bonds is 24. The van der Waals surface area contributed by atoms with Crippen LogP contribution in [0.15, 0.2) is 54.6 Å². The Morgan fingerprint density at radius 1 is 1.00 bits per heavy atom. The van der Waals surface area contributed by atoms with Crippen LogP contribution in [0.3, 0.4) is 0 Å². The average Bonchev–Trinajstić information content (AvgIpc) is 3.19. The van der Waals surface area contributed by atoms with Gasteiger partial charge in [0, 0.05) is 49.9 Å². The number of amides is 4. The Bertz CT molecular complexity index is 1570. The van der Waals surface area contributed by atoms with Gasteiger partial charge in [-0.2, -0.15) is 11.8 Å². The van der Waals surface area contributed by atoms with Gasteiger partial charge in [0.15, 0.2) is 0 Å². The molecule has 310 valence electrons. The Kier molecular flexibility index (Phi) is 23.3. The molecule has 2 aromatic rings. The van der Waals surface area contributed by atoms with Gasteiger partial charge in [0.2, 0.25) is 23.5 Å². The van der Waals surface area contributed by atoms with Gasteiger partial charge in [-0.25, -0.2) is 0 Å². The molecular formula is C38H54N5NaO11S2. The molecule has 16 nitrogen and oxygen atoms in total. The molecule has 0 aromatic heterocycles. The van der Waals surface area contributed by atoms with Crippen molar-refractivity contribution in [1.29, 1.82) is 0 Å². The van der Waals surface area contributed by atoms with Gasteiger partial charge >= 0.3 is 29.6 Å². The van der Waals surface area contributed by atoms with Gasteiger partial charge in [0.05, 0.1) is 30.9 Å². The van der Waals surface area contributed by atoms with Crippen LogP contribution in [-0.4, -0.2) is 124 Å². The summed E-state index contributed by atoms with van der Waals surface area (Å²) in [6.07, 6.45) is -5.11. The number of aliphatic carboxylic acids is 1. The van der Waals surface area contributed by atoms with Crippen molar-refractivity contribution in [2.45, 2.75) is 94.7 Å². The number of aliphatic hydroxyl groups is 3. The van der Waals surface area contributed by atoms with Crippen LogP contribution in [0.1, 0.15) is 62.7 Å². The van der Waals surface area contributed by atoms with E-state index in [1.165, 1.54) is 0 Å². The summed E-state index contributed by atoms with van der Waals surface area (Å²) in [6.45, 7) is 3.01. The van der Waals surface area contributed by atoms with Gasteiger partial charge in [0.25, 0.3) is 5.91 Å². The molecule has 3 rings (SSSR count). The van der Waals surface area contributed by atoms with Crippen LogP contribution in [0.4, 0.5) is 0 Å². The van der Waals surface area contributed by atoms with E-state index in [1.54, 1.807) is 36.0 Å². The fourth-order valence-corrected chi connectivity index (χ4v) is 7.29. The van der Waals surface area contributed by atoms with Crippen LogP contribution < -0.4 is 61.1 Å². The van der Waals surface area contributed by atoms with Crippen molar-refractivity contribution in [2.75, 3.05) is 37.0 Å². The summed E-state index contributed by atoms with van der Waals surface area (Å²) in [5.41, 5.74) is 8.04. The number of hydrogen-bond acceptors (Lipinski definition) is 14. The van der Waals surface area contributed by atoms with Gasteiger partial charge < -0.3 is 61.1 Å². The van der Waals surface area contributed by atoms with E-state index in [2.05, 4.69) is 27.6 Å². The van der Waals surface area contributed by atoms with Crippen LogP contribution in [0, 0.1) is 0 Å². The molecule has 0 aliphatic carbocycles. The number of carbonyl (C=O) groups excluding carboxylic acids is 5. The molecule has 9 N–H and O–H groups in total. The largest absolute Gasteiger partial charge is 1.00 e. The fourth-order valence-electron chi connectivity index (χ4n) is 5.72. The number of carboxylic acid groups (broad SMARTS) is 1. The molecule has 0 saturated carbocycles. The second kappa shape index (κ2) is 26.4. The minimum Gasteiger partial charge on any atom is -0.544 e. The van der Waals surface area contributed by atoms with Gasteiger partial charge in [-0.15, -0.1) is 0 Å². The Hall–Kier alpha value is -2.75. The summed E-state index contributed by atoms with van der Waals surface area (Å²) in [4.78, 5) is 61.7. The molecule has 1 fully saturated rings. The van der Waals surface area contributed by atoms with Crippen LogP contribution in [0.2, 0.25) is 0 Å². The molecule has 1 heterocycles. The van der Waals surface area contributed by atoms with E-state index in [0.29, 0.717) is 6.54 Å². The van der Waals surface area contributed by atoms with E-state index in [-0.39, 0.29) is 78.6 Å². The molecular weight excluding hydrogens is 790 g/mol. The Balaban J connectivity index is 0.0000112. The summed E-state index contributed by atoms with van der Waals surface area (Å²) in [7, 11) is 0. The third kappa shape index (κ3) is 16.8. The molecule has 1 aliphatic rings. The monoisotopic (exact) mass is 843 g/mol. The zero-order chi connectivity index (χ0) is 41.1. The fraction of sp³-hybridized carbons (Fsp3) is 0.553. The van der Waals surface area contributed by atoms with Crippen molar-refractivity contribution in [1.82, 2.24) is 20.7 Å². The van der Waals surface area contributed by atoms with Crippen molar-refractivity contribution in [3.8, 4) is 11.1 Å². The first-order valence-electron chi connectivity index (χ1n) is 18.6. The number of hydrogen-bond donors (Lipinski definition) is 8. The number of nitrogens with two attached hydrogens (primary N) is 1. The number of thioether (sulfide) groups is 1. The molecule has 1 aliphatic heterocycles. The maximum Gasteiger partial charge on any atom is 1.00 e. The number of ether oxygens (including phenoxy) is 2. The van der Waals surface area contributed by atoms with Crippen molar-refractivity contribution in [3.63, 3.8) is 0 Å². The first-order chi connectivity index (χ1) is 26.8. The molecule has 4 amide bonds.